The minimum Gasteiger partial charge on any atom is -0.480 e. The number of rotatable bonds is 5. The molecule has 0 aliphatic heterocycles. The Bertz CT molecular complexity index is 1060. The van der Waals surface area contributed by atoms with E-state index in [9.17, 15) is 31.1 Å². The molecule has 0 amide bonds. The summed E-state index contributed by atoms with van der Waals surface area (Å²) < 4.78 is 78.5. The predicted octanol–water partition coefficient (Wildman–Crippen LogP) is 5.17. The lowest BCUT2D eigenvalue weighted by Gasteiger charge is -2.14. The topological polar surface area (TPSA) is 79.1 Å². The molecule has 2 aromatic carbocycles. The van der Waals surface area contributed by atoms with Crippen LogP contribution in [0.25, 0.3) is 10.9 Å². The van der Waals surface area contributed by atoms with E-state index in [1.165, 1.54) is 6.20 Å². The Morgan fingerprint density at radius 1 is 1.00 bits per heavy atom. The number of hydrogen-bond donors (Lipinski definition) is 3. The van der Waals surface area contributed by atoms with E-state index in [0.29, 0.717) is 34.2 Å². The lowest BCUT2D eigenvalue weighted by atomic mass is 9.97. The van der Waals surface area contributed by atoms with Crippen LogP contribution in [0.15, 0.2) is 42.6 Å². The molecule has 0 spiro atoms. The summed E-state index contributed by atoms with van der Waals surface area (Å²) in [5.41, 5.74) is 4.20. The first kappa shape index (κ1) is 24.5. The standard InChI is InChI=1S/C20H16F6N2O2.ClH/c21-19(22,23)13-5-10(6-14(8-13)20(24,25)26)4-11-2-1-3-15-12(9-28-17(11)15)7-16(27)18(29)30;/h1-3,5-6,8-9,16,28H,4,7,27H2,(H,29,30);1H. The van der Waals surface area contributed by atoms with E-state index in [1.807, 2.05) is 0 Å². The number of nitrogens with one attached hydrogen (secondary N) is 1. The number of fused-ring (bicyclic) bond motifs is 1. The van der Waals surface area contributed by atoms with Crippen molar-refractivity contribution >= 4 is 29.3 Å². The predicted molar refractivity (Wildman–Crippen MR) is 104 cm³/mol. The minimum absolute atomic E-state index is 0. The number of H-pyrrole nitrogens is 1. The maximum absolute atomic E-state index is 13.1. The highest BCUT2D eigenvalue weighted by molar-refractivity contribution is 5.87. The second-order valence-electron chi connectivity index (χ2n) is 6.89. The highest BCUT2D eigenvalue weighted by Crippen LogP contribution is 2.37. The van der Waals surface area contributed by atoms with Gasteiger partial charge in [0.15, 0.2) is 0 Å². The van der Waals surface area contributed by atoms with E-state index in [1.54, 1.807) is 18.2 Å². The molecule has 31 heavy (non-hydrogen) atoms. The minimum atomic E-state index is -4.92. The lowest BCUT2D eigenvalue weighted by molar-refractivity contribution is -0.143. The van der Waals surface area contributed by atoms with Gasteiger partial charge < -0.3 is 15.8 Å². The molecule has 1 aromatic heterocycles. The molecule has 0 aliphatic rings. The average molecular weight is 467 g/mol. The van der Waals surface area contributed by atoms with Crippen LogP contribution in [0.1, 0.15) is 27.8 Å². The van der Waals surface area contributed by atoms with Gasteiger partial charge in [0.2, 0.25) is 0 Å². The van der Waals surface area contributed by atoms with Crippen molar-refractivity contribution in [3.8, 4) is 0 Å². The monoisotopic (exact) mass is 466 g/mol. The molecule has 3 aromatic rings. The summed E-state index contributed by atoms with van der Waals surface area (Å²) in [5, 5.41) is 9.57. The molecule has 0 aliphatic carbocycles. The van der Waals surface area contributed by atoms with Crippen LogP contribution in [0.5, 0.6) is 0 Å². The van der Waals surface area contributed by atoms with Crippen LogP contribution in [-0.2, 0) is 30.0 Å². The number of aromatic nitrogens is 1. The summed E-state index contributed by atoms with van der Waals surface area (Å²) in [6, 6.07) is 5.17. The van der Waals surface area contributed by atoms with E-state index >= 15 is 0 Å². The number of nitrogens with two attached hydrogens (primary N) is 1. The molecule has 0 fully saturated rings. The number of carboxylic acid groups (broad SMARTS) is 1. The Morgan fingerprint density at radius 3 is 2.10 bits per heavy atom. The highest BCUT2D eigenvalue weighted by atomic mass is 35.5. The lowest BCUT2D eigenvalue weighted by Crippen LogP contribution is -2.32. The van der Waals surface area contributed by atoms with Crippen molar-refractivity contribution in [3.63, 3.8) is 0 Å². The second kappa shape index (κ2) is 8.80. The van der Waals surface area contributed by atoms with E-state index in [-0.39, 0.29) is 36.9 Å². The number of benzene rings is 2. The molecule has 0 bridgehead atoms. The van der Waals surface area contributed by atoms with E-state index in [0.717, 1.165) is 0 Å². The molecule has 3 rings (SSSR count). The summed E-state index contributed by atoms with van der Waals surface area (Å²) in [5.74, 6) is -1.19. The summed E-state index contributed by atoms with van der Waals surface area (Å²) in [4.78, 5) is 13.9. The van der Waals surface area contributed by atoms with Crippen LogP contribution in [0, 0.1) is 0 Å². The van der Waals surface area contributed by atoms with Gasteiger partial charge in [-0.05, 0) is 41.3 Å². The van der Waals surface area contributed by atoms with Gasteiger partial charge in [0.25, 0.3) is 0 Å². The van der Waals surface area contributed by atoms with Crippen LogP contribution < -0.4 is 5.73 Å². The number of carboxylic acids is 1. The van der Waals surface area contributed by atoms with Gasteiger partial charge in [-0.15, -0.1) is 12.4 Å². The Balaban J connectivity index is 0.00000341. The third-order valence-electron chi connectivity index (χ3n) is 4.69. The number of para-hydroxylation sites is 1. The SMILES string of the molecule is Cl.NC(Cc1c[nH]c2c(Cc3cc(C(F)(F)F)cc(C(F)(F)F)c3)cccc12)C(=O)O. The molecule has 0 saturated heterocycles. The van der Waals surface area contributed by atoms with Gasteiger partial charge >= 0.3 is 18.3 Å². The fraction of sp³-hybridized carbons (Fsp3) is 0.250. The van der Waals surface area contributed by atoms with Crippen molar-refractivity contribution in [1.82, 2.24) is 4.98 Å². The maximum Gasteiger partial charge on any atom is 0.416 e. The van der Waals surface area contributed by atoms with E-state index in [4.69, 9.17) is 10.8 Å². The largest absolute Gasteiger partial charge is 0.480 e. The van der Waals surface area contributed by atoms with Gasteiger partial charge in [-0.3, -0.25) is 4.79 Å². The van der Waals surface area contributed by atoms with Gasteiger partial charge in [0.1, 0.15) is 6.04 Å². The molecule has 4 nitrogen and oxygen atoms in total. The molecule has 11 heteroatoms. The zero-order valence-electron chi connectivity index (χ0n) is 15.6. The Morgan fingerprint density at radius 2 is 1.58 bits per heavy atom. The van der Waals surface area contributed by atoms with Gasteiger partial charge in [-0.1, -0.05) is 18.2 Å². The molecule has 1 heterocycles. The molecule has 0 saturated carbocycles. The van der Waals surface area contributed by atoms with Crippen LogP contribution in [0.2, 0.25) is 0 Å². The van der Waals surface area contributed by atoms with Crippen molar-refractivity contribution in [3.05, 3.63) is 70.4 Å². The Hall–Kier alpha value is -2.72. The van der Waals surface area contributed by atoms with Gasteiger partial charge in [-0.25, -0.2) is 0 Å². The third kappa shape index (κ3) is 5.50. The first-order chi connectivity index (χ1) is 13.9. The fourth-order valence-electron chi connectivity index (χ4n) is 3.26. The number of aromatic amines is 1. The highest BCUT2D eigenvalue weighted by Gasteiger charge is 2.36. The first-order valence-corrected chi connectivity index (χ1v) is 8.71. The zero-order valence-corrected chi connectivity index (χ0v) is 16.5. The van der Waals surface area contributed by atoms with Crippen LogP contribution in [-0.4, -0.2) is 22.1 Å². The smallest absolute Gasteiger partial charge is 0.416 e. The van der Waals surface area contributed by atoms with Crippen molar-refractivity contribution in [2.75, 3.05) is 0 Å². The quantitative estimate of drug-likeness (QED) is 0.454. The molecular weight excluding hydrogens is 450 g/mol. The fourth-order valence-corrected chi connectivity index (χ4v) is 3.26. The molecule has 168 valence electrons. The van der Waals surface area contributed by atoms with Gasteiger partial charge in [0.05, 0.1) is 11.1 Å². The summed E-state index contributed by atoms with van der Waals surface area (Å²) >= 11 is 0. The third-order valence-corrected chi connectivity index (χ3v) is 4.69. The Kier molecular flexibility index (Phi) is 6.97. The molecule has 1 atom stereocenters. The van der Waals surface area contributed by atoms with Crippen LogP contribution in [0.4, 0.5) is 26.3 Å². The van der Waals surface area contributed by atoms with Crippen molar-refractivity contribution in [2.45, 2.75) is 31.2 Å². The molecule has 4 N–H and O–H groups in total. The first-order valence-electron chi connectivity index (χ1n) is 8.71. The van der Waals surface area contributed by atoms with Crippen LogP contribution >= 0.6 is 12.4 Å². The van der Waals surface area contributed by atoms with Crippen molar-refractivity contribution < 1.29 is 36.2 Å². The zero-order chi connectivity index (χ0) is 22.3. The maximum atomic E-state index is 13.1. The summed E-state index contributed by atoms with van der Waals surface area (Å²) in [7, 11) is 0. The van der Waals surface area contributed by atoms with Gasteiger partial charge in [0, 0.05) is 23.5 Å². The van der Waals surface area contributed by atoms with Crippen LogP contribution in [0.3, 0.4) is 0 Å². The number of aliphatic carboxylic acids is 1. The van der Waals surface area contributed by atoms with Crippen molar-refractivity contribution in [2.24, 2.45) is 5.73 Å². The number of halogens is 7. The summed E-state index contributed by atoms with van der Waals surface area (Å²) in [6.45, 7) is 0. The number of carbonyl (C=O) groups is 1. The molecule has 1 unspecified atom stereocenters. The van der Waals surface area contributed by atoms with E-state index < -0.39 is 35.5 Å². The molecule has 0 radical (unpaired) electrons. The molecular formula is C20H17ClF6N2O2. The Labute approximate surface area is 178 Å². The number of hydrogen-bond acceptors (Lipinski definition) is 2. The van der Waals surface area contributed by atoms with Crippen molar-refractivity contribution in [1.29, 1.82) is 0 Å². The second-order valence-corrected chi connectivity index (χ2v) is 6.89. The van der Waals surface area contributed by atoms with Gasteiger partial charge in [-0.2, -0.15) is 26.3 Å². The van der Waals surface area contributed by atoms with E-state index in [2.05, 4.69) is 4.98 Å². The number of alkyl halides is 6. The normalized spacial score (nSPS) is 13.1. The average Bonchev–Trinajstić information content (AvgIpc) is 3.04. The summed E-state index contributed by atoms with van der Waals surface area (Å²) in [6.07, 6.45) is -8.48.